The molecular weight excluding hydrogens is 270 g/mol. The van der Waals surface area contributed by atoms with Gasteiger partial charge in [0.15, 0.2) is 0 Å². The molecule has 0 bridgehead atoms. The fourth-order valence-corrected chi connectivity index (χ4v) is 2.11. The molecule has 7 nitrogen and oxygen atoms in total. The fraction of sp³-hybridized carbons (Fsp3) is 0.636. The highest BCUT2D eigenvalue weighted by molar-refractivity contribution is 6.28. The molecule has 0 aliphatic heterocycles. The molecule has 0 aromatic carbocycles. The molecule has 1 aromatic heterocycles. The number of nitrogens with zero attached hydrogens (tertiary/aromatic N) is 4. The number of rotatable bonds is 7. The number of aromatic nitrogens is 2. The van der Waals surface area contributed by atoms with Crippen LogP contribution in [-0.2, 0) is 0 Å². The van der Waals surface area contributed by atoms with Crippen LogP contribution in [0.5, 0.6) is 0 Å². The predicted molar refractivity (Wildman–Crippen MR) is 72.5 cm³/mol. The van der Waals surface area contributed by atoms with E-state index in [0.717, 1.165) is 19.3 Å². The van der Waals surface area contributed by atoms with Crippen molar-refractivity contribution in [3.05, 3.63) is 21.6 Å². The summed E-state index contributed by atoms with van der Waals surface area (Å²) in [6, 6.07) is 0.677. The highest BCUT2D eigenvalue weighted by Gasteiger charge is 2.27. The van der Waals surface area contributed by atoms with E-state index in [1.807, 2.05) is 0 Å². The van der Waals surface area contributed by atoms with Crippen LogP contribution < -0.4 is 5.32 Å². The zero-order valence-corrected chi connectivity index (χ0v) is 11.4. The number of halogens is 1. The van der Waals surface area contributed by atoms with E-state index >= 15 is 0 Å². The summed E-state index contributed by atoms with van der Waals surface area (Å²) >= 11 is 5.66. The molecule has 1 aromatic rings. The van der Waals surface area contributed by atoms with Gasteiger partial charge in [0.2, 0.25) is 11.1 Å². The number of nitro groups is 1. The maximum atomic E-state index is 10.8. The molecule has 0 unspecified atom stereocenters. The first-order valence-corrected chi connectivity index (χ1v) is 6.64. The molecule has 1 heterocycles. The van der Waals surface area contributed by atoms with Gasteiger partial charge in [0.25, 0.3) is 0 Å². The van der Waals surface area contributed by atoms with Gasteiger partial charge < -0.3 is 5.32 Å². The molecule has 0 saturated heterocycles. The van der Waals surface area contributed by atoms with E-state index in [0.29, 0.717) is 12.6 Å². The lowest BCUT2D eigenvalue weighted by atomic mass is 10.4. The second kappa shape index (κ2) is 6.12. The molecule has 0 spiro atoms. The van der Waals surface area contributed by atoms with Crippen molar-refractivity contribution in [2.75, 3.05) is 25.0 Å². The summed E-state index contributed by atoms with van der Waals surface area (Å²) in [6.07, 6.45) is 3.61. The number of anilines is 1. The quantitative estimate of drug-likeness (QED) is 0.468. The Kier molecular flexibility index (Phi) is 4.49. The first kappa shape index (κ1) is 14.0. The molecule has 2 rings (SSSR count). The van der Waals surface area contributed by atoms with E-state index in [-0.39, 0.29) is 16.8 Å². The van der Waals surface area contributed by atoms with Gasteiger partial charge in [-0.2, -0.15) is 4.98 Å². The monoisotopic (exact) mass is 285 g/mol. The highest BCUT2D eigenvalue weighted by atomic mass is 35.5. The molecule has 1 fully saturated rings. The van der Waals surface area contributed by atoms with E-state index < -0.39 is 4.92 Å². The second-order valence-corrected chi connectivity index (χ2v) is 4.75. The van der Waals surface area contributed by atoms with Crippen LogP contribution in [0.3, 0.4) is 0 Å². The molecule has 0 radical (unpaired) electrons. The van der Waals surface area contributed by atoms with Crippen LogP contribution in [0.2, 0.25) is 5.28 Å². The Morgan fingerprint density at radius 1 is 1.63 bits per heavy atom. The normalized spacial score (nSPS) is 14.7. The van der Waals surface area contributed by atoms with Gasteiger partial charge in [-0.15, -0.1) is 0 Å². The van der Waals surface area contributed by atoms with Gasteiger partial charge in [0.1, 0.15) is 6.20 Å². The van der Waals surface area contributed by atoms with Crippen molar-refractivity contribution in [2.45, 2.75) is 25.8 Å². The smallest absolute Gasteiger partial charge is 0.329 e. The first-order chi connectivity index (χ1) is 9.11. The maximum absolute atomic E-state index is 10.8. The third-order valence-corrected chi connectivity index (χ3v) is 3.28. The number of nitrogens with one attached hydrogen (secondary N) is 1. The summed E-state index contributed by atoms with van der Waals surface area (Å²) in [6.45, 7) is 4.53. The van der Waals surface area contributed by atoms with Crippen molar-refractivity contribution in [3.63, 3.8) is 0 Å². The van der Waals surface area contributed by atoms with Crippen molar-refractivity contribution >= 4 is 23.1 Å². The Bertz CT molecular complexity index is 466. The molecule has 1 N–H and O–H groups in total. The van der Waals surface area contributed by atoms with E-state index in [1.54, 1.807) is 0 Å². The average Bonchev–Trinajstić information content (AvgIpc) is 3.18. The molecule has 0 amide bonds. The van der Waals surface area contributed by atoms with Crippen molar-refractivity contribution < 1.29 is 4.92 Å². The Hall–Kier alpha value is -1.47. The van der Waals surface area contributed by atoms with Gasteiger partial charge in [-0.3, -0.25) is 15.0 Å². The summed E-state index contributed by atoms with van der Waals surface area (Å²) in [5.41, 5.74) is -0.154. The lowest BCUT2D eigenvalue weighted by Gasteiger charge is -2.19. The zero-order chi connectivity index (χ0) is 13.8. The molecule has 104 valence electrons. The third kappa shape index (κ3) is 3.74. The standard InChI is InChI=1S/C11H16ClN5O2/c1-2-16(8-3-4-8)6-5-13-10-9(17(18)19)7-14-11(12)15-10/h7-8H,2-6H2,1H3,(H,13,14,15). The molecule has 1 saturated carbocycles. The van der Waals surface area contributed by atoms with Crippen LogP contribution >= 0.6 is 11.6 Å². The summed E-state index contributed by atoms with van der Waals surface area (Å²) in [4.78, 5) is 20.2. The van der Waals surface area contributed by atoms with E-state index in [2.05, 4.69) is 27.1 Å². The average molecular weight is 286 g/mol. The van der Waals surface area contributed by atoms with Crippen molar-refractivity contribution in [2.24, 2.45) is 0 Å². The molecule has 1 aliphatic carbocycles. The van der Waals surface area contributed by atoms with E-state index in [1.165, 1.54) is 12.8 Å². The molecule has 1 aliphatic rings. The van der Waals surface area contributed by atoms with Gasteiger partial charge in [-0.25, -0.2) is 4.98 Å². The van der Waals surface area contributed by atoms with Crippen LogP contribution in [-0.4, -0.2) is 45.5 Å². The number of hydrogen-bond acceptors (Lipinski definition) is 6. The minimum Gasteiger partial charge on any atom is -0.363 e. The summed E-state index contributed by atoms with van der Waals surface area (Å²) < 4.78 is 0. The minimum absolute atomic E-state index is 0.00244. The number of hydrogen-bond donors (Lipinski definition) is 1. The lowest BCUT2D eigenvalue weighted by molar-refractivity contribution is -0.384. The Balaban J connectivity index is 1.94. The van der Waals surface area contributed by atoms with Crippen molar-refractivity contribution in [3.8, 4) is 0 Å². The first-order valence-electron chi connectivity index (χ1n) is 6.26. The molecular formula is C11H16ClN5O2. The summed E-state index contributed by atoms with van der Waals surface area (Å²) in [5.74, 6) is 0.178. The van der Waals surface area contributed by atoms with Gasteiger partial charge >= 0.3 is 5.69 Å². The van der Waals surface area contributed by atoms with Gasteiger partial charge in [-0.1, -0.05) is 6.92 Å². The molecule has 0 atom stereocenters. The maximum Gasteiger partial charge on any atom is 0.329 e. The van der Waals surface area contributed by atoms with E-state index in [9.17, 15) is 10.1 Å². The van der Waals surface area contributed by atoms with Crippen LogP contribution in [0.1, 0.15) is 19.8 Å². The third-order valence-electron chi connectivity index (χ3n) is 3.10. The second-order valence-electron chi connectivity index (χ2n) is 4.42. The van der Waals surface area contributed by atoms with Gasteiger partial charge in [-0.05, 0) is 31.0 Å². The highest BCUT2D eigenvalue weighted by Crippen LogP contribution is 2.26. The fourth-order valence-electron chi connectivity index (χ4n) is 1.97. The predicted octanol–water partition coefficient (Wildman–Crippen LogP) is 1.93. The molecule has 8 heteroatoms. The van der Waals surface area contributed by atoms with Crippen molar-refractivity contribution in [1.29, 1.82) is 0 Å². The zero-order valence-electron chi connectivity index (χ0n) is 10.7. The Morgan fingerprint density at radius 2 is 2.37 bits per heavy atom. The largest absolute Gasteiger partial charge is 0.363 e. The van der Waals surface area contributed by atoms with Crippen LogP contribution in [0, 0.1) is 10.1 Å². The van der Waals surface area contributed by atoms with Crippen LogP contribution in [0.25, 0.3) is 0 Å². The SMILES string of the molecule is CCN(CCNc1nc(Cl)ncc1[N+](=O)[O-])C1CC1. The topological polar surface area (TPSA) is 84.2 Å². The Labute approximate surface area is 116 Å². The van der Waals surface area contributed by atoms with E-state index in [4.69, 9.17) is 11.6 Å². The lowest BCUT2D eigenvalue weighted by Crippen LogP contribution is -2.31. The van der Waals surface area contributed by atoms with Crippen LogP contribution in [0.15, 0.2) is 6.20 Å². The van der Waals surface area contributed by atoms with Gasteiger partial charge in [0.05, 0.1) is 4.92 Å². The van der Waals surface area contributed by atoms with Crippen LogP contribution in [0.4, 0.5) is 11.5 Å². The van der Waals surface area contributed by atoms with Crippen molar-refractivity contribution in [1.82, 2.24) is 14.9 Å². The minimum atomic E-state index is -0.517. The summed E-state index contributed by atoms with van der Waals surface area (Å²) in [7, 11) is 0. The summed E-state index contributed by atoms with van der Waals surface area (Å²) in [5, 5.41) is 13.8. The number of likely N-dealkylation sites (N-methyl/N-ethyl adjacent to an activating group) is 1. The molecule has 19 heavy (non-hydrogen) atoms. The Morgan fingerprint density at radius 3 is 2.95 bits per heavy atom. The van der Waals surface area contributed by atoms with Gasteiger partial charge in [0, 0.05) is 19.1 Å².